The minimum atomic E-state index is -0.370. The molecule has 0 aromatic heterocycles. The van der Waals surface area contributed by atoms with E-state index in [1.54, 1.807) is 7.11 Å². The Morgan fingerprint density at radius 2 is 1.58 bits per heavy atom. The number of ether oxygens (including phenoxy) is 2. The maximum Gasteiger partial charge on any atom is 0.174 e. The third-order valence-electron chi connectivity index (χ3n) is 7.42. The number of hydrogen-bond donors (Lipinski definition) is 0. The van der Waals surface area contributed by atoms with Gasteiger partial charge in [-0.05, 0) is 78.2 Å². The van der Waals surface area contributed by atoms with E-state index >= 15 is 0 Å². The molecule has 1 heterocycles. The van der Waals surface area contributed by atoms with E-state index in [1.165, 1.54) is 5.56 Å². The first kappa shape index (κ1) is 24.8. The SMILES string of the molecule is CCOc1cc(C2C3=C(CCCC3=O)N(CCc3ccccc3)C3=C2C(=O)CCC3)cc(Br)c1OC. The van der Waals surface area contributed by atoms with Gasteiger partial charge in [-0.15, -0.1) is 0 Å². The summed E-state index contributed by atoms with van der Waals surface area (Å²) < 4.78 is 12.2. The number of allylic oxidation sites excluding steroid dienone is 4. The van der Waals surface area contributed by atoms with Crippen molar-refractivity contribution in [3.63, 3.8) is 0 Å². The third-order valence-corrected chi connectivity index (χ3v) is 8.01. The lowest BCUT2D eigenvalue weighted by Crippen LogP contribution is -2.40. The molecular formula is C30H32BrNO4. The minimum Gasteiger partial charge on any atom is -0.492 e. The molecule has 0 amide bonds. The monoisotopic (exact) mass is 549 g/mol. The van der Waals surface area contributed by atoms with E-state index in [9.17, 15) is 9.59 Å². The fourth-order valence-corrected chi connectivity index (χ4v) is 6.54. The Labute approximate surface area is 221 Å². The second kappa shape index (κ2) is 10.6. The van der Waals surface area contributed by atoms with Crippen molar-refractivity contribution in [2.75, 3.05) is 20.3 Å². The van der Waals surface area contributed by atoms with Crippen molar-refractivity contribution in [2.24, 2.45) is 0 Å². The molecule has 2 aliphatic carbocycles. The van der Waals surface area contributed by atoms with Crippen LogP contribution in [-0.4, -0.2) is 36.7 Å². The smallest absolute Gasteiger partial charge is 0.174 e. The van der Waals surface area contributed by atoms with E-state index in [2.05, 4.69) is 45.1 Å². The second-order valence-corrected chi connectivity index (χ2v) is 10.4. The number of hydrogen-bond acceptors (Lipinski definition) is 5. The first-order chi connectivity index (χ1) is 17.5. The zero-order chi connectivity index (χ0) is 25.2. The van der Waals surface area contributed by atoms with E-state index in [0.717, 1.165) is 71.2 Å². The predicted octanol–water partition coefficient (Wildman–Crippen LogP) is 6.51. The summed E-state index contributed by atoms with van der Waals surface area (Å²) in [5, 5.41) is 0. The predicted molar refractivity (Wildman–Crippen MR) is 143 cm³/mol. The standard InChI is InChI=1S/C30H32BrNO4/c1-3-36-26-18-20(17-21(31)30(26)35-2)27-28-22(11-7-13-24(28)33)32(16-15-19-9-5-4-6-10-19)23-12-8-14-25(34)29(23)27/h4-6,9-10,17-18,27H,3,7-8,11-16H2,1-2H3. The summed E-state index contributed by atoms with van der Waals surface area (Å²) in [5.41, 5.74) is 5.95. The van der Waals surface area contributed by atoms with Crippen LogP contribution in [0.4, 0.5) is 0 Å². The minimum absolute atomic E-state index is 0.154. The van der Waals surface area contributed by atoms with Crippen molar-refractivity contribution < 1.29 is 19.1 Å². The Morgan fingerprint density at radius 1 is 0.944 bits per heavy atom. The Bertz CT molecular complexity index is 1200. The van der Waals surface area contributed by atoms with Crippen molar-refractivity contribution >= 4 is 27.5 Å². The van der Waals surface area contributed by atoms with Crippen LogP contribution in [-0.2, 0) is 16.0 Å². The highest BCUT2D eigenvalue weighted by Crippen LogP contribution is 2.51. The zero-order valence-corrected chi connectivity index (χ0v) is 22.5. The van der Waals surface area contributed by atoms with Gasteiger partial charge in [-0.25, -0.2) is 0 Å². The molecule has 1 aliphatic heterocycles. The van der Waals surface area contributed by atoms with Crippen molar-refractivity contribution in [3.05, 3.63) is 80.6 Å². The van der Waals surface area contributed by atoms with Crippen LogP contribution in [0.1, 0.15) is 62.5 Å². The Hall–Kier alpha value is -2.86. The van der Waals surface area contributed by atoms with Gasteiger partial charge in [0.05, 0.1) is 18.2 Å². The lowest BCUT2D eigenvalue weighted by molar-refractivity contribution is -0.117. The van der Waals surface area contributed by atoms with Gasteiger partial charge in [0.1, 0.15) is 0 Å². The number of carbonyl (C=O) groups excluding carboxylic acids is 2. The summed E-state index contributed by atoms with van der Waals surface area (Å²) in [6.45, 7) is 3.19. The van der Waals surface area contributed by atoms with Gasteiger partial charge in [0.15, 0.2) is 23.1 Å². The topological polar surface area (TPSA) is 55.8 Å². The van der Waals surface area contributed by atoms with Gasteiger partial charge < -0.3 is 14.4 Å². The molecule has 0 saturated carbocycles. The molecule has 0 saturated heterocycles. The summed E-state index contributed by atoms with van der Waals surface area (Å²) in [7, 11) is 1.62. The lowest BCUT2D eigenvalue weighted by atomic mass is 9.71. The van der Waals surface area contributed by atoms with Gasteiger partial charge >= 0.3 is 0 Å². The van der Waals surface area contributed by atoms with E-state index in [0.29, 0.717) is 30.9 Å². The molecule has 0 N–H and O–H groups in total. The van der Waals surface area contributed by atoms with Crippen LogP contribution in [0, 0.1) is 0 Å². The Kier molecular flexibility index (Phi) is 7.33. The summed E-state index contributed by atoms with van der Waals surface area (Å²) in [4.78, 5) is 29.4. The molecule has 6 heteroatoms. The van der Waals surface area contributed by atoms with Crippen LogP contribution < -0.4 is 9.47 Å². The summed E-state index contributed by atoms with van der Waals surface area (Å²) in [6.07, 6.45) is 5.31. The third kappa shape index (κ3) is 4.52. The Morgan fingerprint density at radius 3 is 2.17 bits per heavy atom. The fourth-order valence-electron chi connectivity index (χ4n) is 5.92. The number of ketones is 2. The Balaban J connectivity index is 1.66. The van der Waals surface area contributed by atoms with Crippen LogP contribution in [0.5, 0.6) is 11.5 Å². The fraction of sp³-hybridized carbons (Fsp3) is 0.400. The lowest BCUT2D eigenvalue weighted by Gasteiger charge is -2.44. The van der Waals surface area contributed by atoms with Gasteiger partial charge in [-0.1, -0.05) is 30.3 Å². The summed E-state index contributed by atoms with van der Waals surface area (Å²) in [5.74, 6) is 1.17. The molecule has 3 aliphatic rings. The molecule has 188 valence electrons. The highest BCUT2D eigenvalue weighted by molar-refractivity contribution is 9.10. The number of rotatable bonds is 7. The summed E-state index contributed by atoms with van der Waals surface area (Å²) in [6, 6.07) is 14.4. The average molecular weight is 550 g/mol. The zero-order valence-electron chi connectivity index (χ0n) is 20.9. The van der Waals surface area contributed by atoms with Crippen molar-refractivity contribution in [1.82, 2.24) is 4.90 Å². The van der Waals surface area contributed by atoms with Crippen LogP contribution >= 0.6 is 15.9 Å². The number of methoxy groups -OCH3 is 1. The van der Waals surface area contributed by atoms with Gasteiger partial charge in [0.25, 0.3) is 0 Å². The van der Waals surface area contributed by atoms with Crippen LogP contribution in [0.25, 0.3) is 0 Å². The van der Waals surface area contributed by atoms with Crippen LogP contribution in [0.2, 0.25) is 0 Å². The van der Waals surface area contributed by atoms with E-state index in [4.69, 9.17) is 9.47 Å². The molecule has 0 unspecified atom stereocenters. The highest BCUT2D eigenvalue weighted by Gasteiger charge is 2.43. The molecule has 2 aromatic rings. The quantitative estimate of drug-likeness (QED) is 0.393. The number of Topliss-reactive ketones (excluding diaryl/α,β-unsaturated/α-hetero) is 2. The van der Waals surface area contributed by atoms with Crippen molar-refractivity contribution in [1.29, 1.82) is 0 Å². The van der Waals surface area contributed by atoms with Crippen LogP contribution in [0.3, 0.4) is 0 Å². The molecule has 0 bridgehead atoms. The molecule has 0 atom stereocenters. The molecule has 36 heavy (non-hydrogen) atoms. The molecule has 0 radical (unpaired) electrons. The van der Waals surface area contributed by atoms with E-state index in [1.807, 2.05) is 25.1 Å². The number of halogens is 1. The van der Waals surface area contributed by atoms with Gasteiger partial charge in [0, 0.05) is 47.8 Å². The molecule has 5 nitrogen and oxygen atoms in total. The molecule has 0 fully saturated rings. The maximum atomic E-state index is 13.5. The molecule has 2 aromatic carbocycles. The number of carbonyl (C=O) groups is 2. The largest absolute Gasteiger partial charge is 0.492 e. The first-order valence-corrected chi connectivity index (χ1v) is 13.7. The van der Waals surface area contributed by atoms with Crippen LogP contribution in [0.15, 0.2) is 69.5 Å². The molecular weight excluding hydrogens is 518 g/mol. The van der Waals surface area contributed by atoms with Crippen molar-refractivity contribution in [2.45, 2.75) is 57.8 Å². The van der Waals surface area contributed by atoms with Gasteiger partial charge in [-0.3, -0.25) is 9.59 Å². The van der Waals surface area contributed by atoms with Gasteiger partial charge in [0.2, 0.25) is 0 Å². The second-order valence-electron chi connectivity index (χ2n) is 9.56. The number of nitrogens with zero attached hydrogens (tertiary/aromatic N) is 1. The molecule has 0 spiro atoms. The van der Waals surface area contributed by atoms with E-state index in [-0.39, 0.29) is 17.5 Å². The van der Waals surface area contributed by atoms with E-state index < -0.39 is 0 Å². The first-order valence-electron chi connectivity index (χ1n) is 12.9. The number of benzene rings is 2. The normalized spacial score (nSPS) is 18.4. The maximum absolute atomic E-state index is 13.5. The summed E-state index contributed by atoms with van der Waals surface area (Å²) >= 11 is 3.65. The van der Waals surface area contributed by atoms with Gasteiger partial charge in [-0.2, -0.15) is 0 Å². The average Bonchev–Trinajstić information content (AvgIpc) is 2.88. The van der Waals surface area contributed by atoms with Crippen molar-refractivity contribution in [3.8, 4) is 11.5 Å². The highest BCUT2D eigenvalue weighted by atomic mass is 79.9. The molecule has 5 rings (SSSR count).